The zero-order valence-electron chi connectivity index (χ0n) is 9.99. The van der Waals surface area contributed by atoms with Gasteiger partial charge in [0.25, 0.3) is 0 Å². The SMILES string of the molecule is CC(C)C(=O)c1cccc(C2(CN)CC2)c1. The third kappa shape index (κ3) is 1.90. The van der Waals surface area contributed by atoms with E-state index in [0.717, 1.165) is 18.4 Å². The molecule has 0 heterocycles. The molecule has 0 atom stereocenters. The van der Waals surface area contributed by atoms with Crippen LogP contribution in [0.4, 0.5) is 0 Å². The van der Waals surface area contributed by atoms with Gasteiger partial charge in [-0.1, -0.05) is 32.0 Å². The summed E-state index contributed by atoms with van der Waals surface area (Å²) in [7, 11) is 0. The lowest BCUT2D eigenvalue weighted by Crippen LogP contribution is -2.20. The van der Waals surface area contributed by atoms with Crippen molar-refractivity contribution >= 4 is 5.78 Å². The largest absolute Gasteiger partial charge is 0.330 e. The number of hydrogen-bond donors (Lipinski definition) is 1. The Kier molecular flexibility index (Phi) is 2.85. The van der Waals surface area contributed by atoms with E-state index in [4.69, 9.17) is 5.73 Å². The summed E-state index contributed by atoms with van der Waals surface area (Å²) in [6.07, 6.45) is 2.31. The Balaban J connectivity index is 2.30. The molecule has 2 N–H and O–H groups in total. The van der Waals surface area contributed by atoms with Gasteiger partial charge in [0.05, 0.1) is 0 Å². The fourth-order valence-electron chi connectivity index (χ4n) is 2.10. The van der Waals surface area contributed by atoms with Crippen LogP contribution in [0.2, 0.25) is 0 Å². The molecule has 2 nitrogen and oxygen atoms in total. The highest BCUT2D eigenvalue weighted by atomic mass is 16.1. The smallest absolute Gasteiger partial charge is 0.165 e. The number of nitrogens with two attached hydrogens (primary N) is 1. The molecule has 0 aromatic heterocycles. The highest BCUT2D eigenvalue weighted by Gasteiger charge is 2.42. The van der Waals surface area contributed by atoms with Crippen molar-refractivity contribution in [3.63, 3.8) is 0 Å². The summed E-state index contributed by atoms with van der Waals surface area (Å²) in [5.74, 6) is 0.276. The molecule has 1 aromatic carbocycles. The first-order valence-corrected chi connectivity index (χ1v) is 5.94. The van der Waals surface area contributed by atoms with Crippen LogP contribution in [-0.2, 0) is 5.41 Å². The van der Waals surface area contributed by atoms with Gasteiger partial charge < -0.3 is 5.73 Å². The fourth-order valence-corrected chi connectivity index (χ4v) is 2.10. The van der Waals surface area contributed by atoms with E-state index in [9.17, 15) is 4.79 Å². The zero-order valence-corrected chi connectivity index (χ0v) is 9.99. The van der Waals surface area contributed by atoms with Gasteiger partial charge in [-0.05, 0) is 24.5 Å². The summed E-state index contributed by atoms with van der Waals surface area (Å²) >= 11 is 0. The van der Waals surface area contributed by atoms with Gasteiger partial charge in [0.1, 0.15) is 0 Å². The molecule has 0 amide bonds. The molecule has 2 rings (SSSR count). The van der Waals surface area contributed by atoms with Crippen LogP contribution in [0.5, 0.6) is 0 Å². The second kappa shape index (κ2) is 4.02. The predicted molar refractivity (Wildman–Crippen MR) is 65.6 cm³/mol. The average molecular weight is 217 g/mol. The van der Waals surface area contributed by atoms with Gasteiger partial charge in [-0.3, -0.25) is 4.79 Å². The van der Waals surface area contributed by atoms with Crippen LogP contribution in [0.25, 0.3) is 0 Å². The van der Waals surface area contributed by atoms with Crippen LogP contribution < -0.4 is 5.73 Å². The van der Waals surface area contributed by atoms with E-state index >= 15 is 0 Å². The maximum Gasteiger partial charge on any atom is 0.165 e. The average Bonchev–Trinajstić information content (AvgIpc) is 3.09. The number of carbonyl (C=O) groups is 1. The molecule has 2 heteroatoms. The molecule has 16 heavy (non-hydrogen) atoms. The van der Waals surface area contributed by atoms with Crippen molar-refractivity contribution < 1.29 is 4.79 Å². The summed E-state index contributed by atoms with van der Waals surface area (Å²) in [4.78, 5) is 11.9. The minimum Gasteiger partial charge on any atom is -0.330 e. The summed E-state index contributed by atoms with van der Waals surface area (Å²) in [6, 6.07) is 8.00. The first kappa shape index (κ1) is 11.3. The van der Waals surface area contributed by atoms with E-state index in [-0.39, 0.29) is 17.1 Å². The van der Waals surface area contributed by atoms with Crippen LogP contribution in [0, 0.1) is 5.92 Å². The highest BCUT2D eigenvalue weighted by molar-refractivity contribution is 5.97. The monoisotopic (exact) mass is 217 g/mol. The standard InChI is InChI=1S/C14H19NO/c1-10(2)13(16)11-4-3-5-12(8-11)14(9-15)6-7-14/h3-5,8,10H,6-7,9,15H2,1-2H3. The molecule has 0 radical (unpaired) electrons. The van der Waals surface area contributed by atoms with Crippen LogP contribution in [0.1, 0.15) is 42.6 Å². The number of ketones is 1. The number of carbonyl (C=O) groups excluding carboxylic acids is 1. The van der Waals surface area contributed by atoms with E-state index in [2.05, 4.69) is 6.07 Å². The van der Waals surface area contributed by atoms with Crippen molar-refractivity contribution in [3.8, 4) is 0 Å². The Morgan fingerprint density at radius 2 is 2.12 bits per heavy atom. The van der Waals surface area contributed by atoms with Gasteiger partial charge in [-0.15, -0.1) is 0 Å². The van der Waals surface area contributed by atoms with Crippen molar-refractivity contribution in [2.24, 2.45) is 11.7 Å². The van der Waals surface area contributed by atoms with Crippen molar-refractivity contribution in [2.75, 3.05) is 6.54 Å². The summed E-state index contributed by atoms with van der Waals surface area (Å²) in [5, 5.41) is 0. The fraction of sp³-hybridized carbons (Fsp3) is 0.500. The third-order valence-corrected chi connectivity index (χ3v) is 3.53. The molecule has 1 aliphatic rings. The zero-order chi connectivity index (χ0) is 11.8. The first-order valence-electron chi connectivity index (χ1n) is 5.94. The molecule has 0 saturated heterocycles. The molecule has 1 fully saturated rings. The quantitative estimate of drug-likeness (QED) is 0.787. The Morgan fingerprint density at radius 3 is 2.62 bits per heavy atom. The minimum absolute atomic E-state index is 0.0586. The molecule has 1 saturated carbocycles. The summed E-state index contributed by atoms with van der Waals surface area (Å²) < 4.78 is 0. The van der Waals surface area contributed by atoms with Crippen LogP contribution in [0.15, 0.2) is 24.3 Å². The Morgan fingerprint density at radius 1 is 1.44 bits per heavy atom. The number of Topliss-reactive ketones (excluding diaryl/α,β-unsaturated/α-hetero) is 1. The van der Waals surface area contributed by atoms with Gasteiger partial charge in [-0.25, -0.2) is 0 Å². The summed E-state index contributed by atoms with van der Waals surface area (Å²) in [6.45, 7) is 4.56. The van der Waals surface area contributed by atoms with Crippen molar-refractivity contribution in [1.29, 1.82) is 0 Å². The van der Waals surface area contributed by atoms with E-state index in [1.165, 1.54) is 5.56 Å². The maximum absolute atomic E-state index is 11.9. The molecule has 0 bridgehead atoms. The van der Waals surface area contributed by atoms with E-state index in [1.807, 2.05) is 32.0 Å². The van der Waals surface area contributed by atoms with Crippen molar-refractivity contribution in [1.82, 2.24) is 0 Å². The minimum atomic E-state index is 0.0586. The Bertz CT molecular complexity index is 405. The van der Waals surface area contributed by atoms with E-state index < -0.39 is 0 Å². The second-order valence-corrected chi connectivity index (χ2v) is 5.08. The van der Waals surface area contributed by atoms with Gasteiger partial charge in [-0.2, -0.15) is 0 Å². The molecular weight excluding hydrogens is 198 g/mol. The summed E-state index contributed by atoms with van der Waals surface area (Å²) in [5.41, 5.74) is 8.04. The Hall–Kier alpha value is -1.15. The van der Waals surface area contributed by atoms with Crippen LogP contribution in [0.3, 0.4) is 0 Å². The van der Waals surface area contributed by atoms with Crippen molar-refractivity contribution in [2.45, 2.75) is 32.1 Å². The van der Waals surface area contributed by atoms with E-state index in [1.54, 1.807) is 0 Å². The second-order valence-electron chi connectivity index (χ2n) is 5.08. The molecule has 1 aromatic rings. The van der Waals surface area contributed by atoms with Crippen LogP contribution in [-0.4, -0.2) is 12.3 Å². The normalized spacial score (nSPS) is 17.5. The van der Waals surface area contributed by atoms with Crippen LogP contribution >= 0.6 is 0 Å². The highest BCUT2D eigenvalue weighted by Crippen LogP contribution is 2.47. The number of rotatable bonds is 4. The Labute approximate surface area is 96.8 Å². The molecule has 1 aliphatic carbocycles. The molecule has 0 aliphatic heterocycles. The van der Waals surface area contributed by atoms with Crippen molar-refractivity contribution in [3.05, 3.63) is 35.4 Å². The number of hydrogen-bond acceptors (Lipinski definition) is 2. The molecule has 0 spiro atoms. The topological polar surface area (TPSA) is 43.1 Å². The van der Waals surface area contributed by atoms with Gasteiger partial charge in [0.15, 0.2) is 5.78 Å². The van der Waals surface area contributed by atoms with Gasteiger partial charge in [0.2, 0.25) is 0 Å². The lowest BCUT2D eigenvalue weighted by molar-refractivity contribution is 0.0939. The molecular formula is C14H19NO. The first-order chi connectivity index (χ1) is 7.59. The van der Waals surface area contributed by atoms with E-state index in [0.29, 0.717) is 6.54 Å². The van der Waals surface area contributed by atoms with Gasteiger partial charge in [0, 0.05) is 23.4 Å². The third-order valence-electron chi connectivity index (χ3n) is 3.53. The van der Waals surface area contributed by atoms with Gasteiger partial charge >= 0.3 is 0 Å². The molecule has 86 valence electrons. The molecule has 0 unspecified atom stereocenters. The lowest BCUT2D eigenvalue weighted by atomic mass is 9.92. The maximum atomic E-state index is 11.9. The lowest BCUT2D eigenvalue weighted by Gasteiger charge is -2.14. The predicted octanol–water partition coefficient (Wildman–Crippen LogP) is 2.52. The number of benzene rings is 1.